The van der Waals surface area contributed by atoms with Crippen molar-refractivity contribution in [3.63, 3.8) is 0 Å². The molecule has 0 spiro atoms. The molecule has 2 heterocycles. The first-order valence-corrected chi connectivity index (χ1v) is 7.23. The third kappa shape index (κ3) is 4.06. The number of aromatic nitrogens is 2. The molecule has 106 valence electrons. The lowest BCUT2D eigenvalue weighted by molar-refractivity contribution is 0.303. The van der Waals surface area contributed by atoms with Gasteiger partial charge in [0.25, 0.3) is 0 Å². The van der Waals surface area contributed by atoms with Crippen LogP contribution in [0.4, 0.5) is 5.82 Å². The van der Waals surface area contributed by atoms with Gasteiger partial charge in [-0.2, -0.15) is 4.98 Å². The van der Waals surface area contributed by atoms with Crippen LogP contribution in [0.15, 0.2) is 12.4 Å². The predicted octanol–water partition coefficient (Wildman–Crippen LogP) is 1.83. The molecule has 5 heteroatoms. The van der Waals surface area contributed by atoms with Crippen LogP contribution in [0.5, 0.6) is 5.88 Å². The molecule has 0 radical (unpaired) electrons. The van der Waals surface area contributed by atoms with E-state index in [0.717, 1.165) is 38.3 Å². The normalized spacial score (nSPS) is 19.5. The number of hydrogen-bond acceptors (Lipinski definition) is 5. The van der Waals surface area contributed by atoms with Gasteiger partial charge in [0.15, 0.2) is 5.82 Å². The molecular formula is C14H24N4O. The molecule has 0 saturated carbocycles. The summed E-state index contributed by atoms with van der Waals surface area (Å²) >= 11 is 0. The van der Waals surface area contributed by atoms with Crippen LogP contribution in [-0.2, 0) is 0 Å². The summed E-state index contributed by atoms with van der Waals surface area (Å²) in [7, 11) is 0. The highest BCUT2D eigenvalue weighted by Gasteiger charge is 2.20. The number of nitrogens with zero attached hydrogens (tertiary/aromatic N) is 3. The Balaban J connectivity index is 1.99. The van der Waals surface area contributed by atoms with Gasteiger partial charge in [-0.3, -0.25) is 4.98 Å². The zero-order valence-corrected chi connectivity index (χ0v) is 11.7. The third-order valence-corrected chi connectivity index (χ3v) is 3.47. The fraction of sp³-hybridized carbons (Fsp3) is 0.714. The maximum absolute atomic E-state index is 5.66. The van der Waals surface area contributed by atoms with Gasteiger partial charge in [-0.15, -0.1) is 0 Å². The molecule has 0 amide bonds. The van der Waals surface area contributed by atoms with Crippen LogP contribution >= 0.6 is 0 Å². The molecule has 0 aliphatic carbocycles. The number of ether oxygens (including phenoxy) is 1. The van der Waals surface area contributed by atoms with Crippen LogP contribution < -0.4 is 15.4 Å². The number of anilines is 1. The van der Waals surface area contributed by atoms with Crippen molar-refractivity contribution in [2.24, 2.45) is 11.7 Å². The Hall–Kier alpha value is -1.36. The van der Waals surface area contributed by atoms with Gasteiger partial charge < -0.3 is 15.4 Å². The molecule has 1 aliphatic heterocycles. The van der Waals surface area contributed by atoms with E-state index in [2.05, 4.69) is 21.8 Å². The van der Waals surface area contributed by atoms with E-state index in [4.69, 9.17) is 10.5 Å². The molecule has 5 nitrogen and oxygen atoms in total. The summed E-state index contributed by atoms with van der Waals surface area (Å²) in [6, 6.07) is 0. The molecule has 1 atom stereocenters. The zero-order chi connectivity index (χ0) is 13.5. The Labute approximate surface area is 115 Å². The summed E-state index contributed by atoms with van der Waals surface area (Å²) in [5, 5.41) is 0. The lowest BCUT2D eigenvalue weighted by Gasteiger charge is -2.33. The molecular weight excluding hydrogens is 240 g/mol. The average molecular weight is 264 g/mol. The van der Waals surface area contributed by atoms with Gasteiger partial charge in [-0.25, -0.2) is 0 Å². The first-order chi connectivity index (χ1) is 9.33. The minimum absolute atomic E-state index is 0.625. The van der Waals surface area contributed by atoms with Crippen molar-refractivity contribution in [2.75, 3.05) is 31.1 Å². The number of nitrogens with two attached hydrogens (primary N) is 1. The lowest BCUT2D eigenvalue weighted by Crippen LogP contribution is -2.36. The van der Waals surface area contributed by atoms with Crippen molar-refractivity contribution in [2.45, 2.75) is 32.6 Å². The summed E-state index contributed by atoms with van der Waals surface area (Å²) in [5.74, 6) is 2.23. The van der Waals surface area contributed by atoms with Crippen LogP contribution in [0.25, 0.3) is 0 Å². The van der Waals surface area contributed by atoms with Crippen LogP contribution in [0.2, 0.25) is 0 Å². The van der Waals surface area contributed by atoms with Crippen molar-refractivity contribution < 1.29 is 4.74 Å². The van der Waals surface area contributed by atoms with E-state index in [9.17, 15) is 0 Å². The Morgan fingerprint density at radius 1 is 1.47 bits per heavy atom. The van der Waals surface area contributed by atoms with Crippen molar-refractivity contribution in [3.8, 4) is 5.88 Å². The molecule has 19 heavy (non-hydrogen) atoms. The minimum Gasteiger partial charge on any atom is -0.477 e. The van der Waals surface area contributed by atoms with Crippen molar-refractivity contribution in [3.05, 3.63) is 12.4 Å². The van der Waals surface area contributed by atoms with Gasteiger partial charge in [0.2, 0.25) is 5.88 Å². The summed E-state index contributed by atoms with van der Waals surface area (Å²) in [4.78, 5) is 11.1. The first kappa shape index (κ1) is 14.1. The second-order valence-electron chi connectivity index (χ2n) is 5.10. The largest absolute Gasteiger partial charge is 0.477 e. The first-order valence-electron chi connectivity index (χ1n) is 7.23. The van der Waals surface area contributed by atoms with Crippen LogP contribution in [0.1, 0.15) is 32.6 Å². The Bertz CT molecular complexity index is 383. The molecule has 2 rings (SSSR count). The Kier molecular flexibility index (Phi) is 5.39. The van der Waals surface area contributed by atoms with E-state index in [0.29, 0.717) is 18.4 Å². The summed E-state index contributed by atoms with van der Waals surface area (Å²) < 4.78 is 5.54. The quantitative estimate of drug-likeness (QED) is 0.849. The van der Waals surface area contributed by atoms with Crippen molar-refractivity contribution in [1.29, 1.82) is 0 Å². The predicted molar refractivity (Wildman–Crippen MR) is 76.4 cm³/mol. The SMILES string of the molecule is CCCOc1cncc(N2CCCC(CCN)C2)n1. The molecule has 0 bridgehead atoms. The average Bonchev–Trinajstić information content (AvgIpc) is 2.46. The number of hydrogen-bond donors (Lipinski definition) is 1. The van der Waals surface area contributed by atoms with Crippen LogP contribution in [0, 0.1) is 5.92 Å². The molecule has 1 saturated heterocycles. The number of piperidine rings is 1. The molecule has 1 fully saturated rings. The molecule has 1 unspecified atom stereocenters. The highest BCUT2D eigenvalue weighted by atomic mass is 16.5. The minimum atomic E-state index is 0.625. The molecule has 1 aromatic rings. The van der Waals surface area contributed by atoms with E-state index < -0.39 is 0 Å². The van der Waals surface area contributed by atoms with Crippen LogP contribution in [-0.4, -0.2) is 36.2 Å². The van der Waals surface area contributed by atoms with Gasteiger partial charge in [0.1, 0.15) is 0 Å². The van der Waals surface area contributed by atoms with E-state index >= 15 is 0 Å². The van der Waals surface area contributed by atoms with Crippen molar-refractivity contribution in [1.82, 2.24) is 9.97 Å². The topological polar surface area (TPSA) is 64.3 Å². The molecule has 0 aromatic carbocycles. The zero-order valence-electron chi connectivity index (χ0n) is 11.7. The summed E-state index contributed by atoms with van der Waals surface area (Å²) in [6.45, 7) is 5.62. The summed E-state index contributed by atoms with van der Waals surface area (Å²) in [5.41, 5.74) is 5.66. The Morgan fingerprint density at radius 2 is 2.37 bits per heavy atom. The second kappa shape index (κ2) is 7.28. The number of rotatable bonds is 6. The highest BCUT2D eigenvalue weighted by Crippen LogP contribution is 2.24. The van der Waals surface area contributed by atoms with E-state index in [1.807, 2.05) is 6.20 Å². The van der Waals surface area contributed by atoms with Crippen LogP contribution in [0.3, 0.4) is 0 Å². The van der Waals surface area contributed by atoms with Gasteiger partial charge in [0.05, 0.1) is 19.0 Å². The highest BCUT2D eigenvalue weighted by molar-refractivity contribution is 5.38. The van der Waals surface area contributed by atoms with Gasteiger partial charge in [-0.1, -0.05) is 6.92 Å². The molecule has 1 aromatic heterocycles. The van der Waals surface area contributed by atoms with Gasteiger partial charge in [-0.05, 0) is 38.1 Å². The van der Waals surface area contributed by atoms with E-state index in [1.165, 1.54) is 12.8 Å². The molecule has 2 N–H and O–H groups in total. The smallest absolute Gasteiger partial charge is 0.234 e. The van der Waals surface area contributed by atoms with Gasteiger partial charge in [0, 0.05) is 13.1 Å². The Morgan fingerprint density at radius 3 is 3.16 bits per heavy atom. The van der Waals surface area contributed by atoms with Crippen molar-refractivity contribution >= 4 is 5.82 Å². The monoisotopic (exact) mass is 264 g/mol. The fourth-order valence-corrected chi connectivity index (χ4v) is 2.51. The third-order valence-electron chi connectivity index (χ3n) is 3.47. The van der Waals surface area contributed by atoms with E-state index in [1.54, 1.807) is 6.20 Å². The molecule has 1 aliphatic rings. The van der Waals surface area contributed by atoms with Gasteiger partial charge >= 0.3 is 0 Å². The lowest BCUT2D eigenvalue weighted by atomic mass is 9.95. The maximum atomic E-state index is 5.66. The standard InChI is InChI=1S/C14H24N4O/c1-2-8-19-14-10-16-9-13(17-14)18-7-3-4-12(11-18)5-6-15/h9-10,12H,2-8,11,15H2,1H3. The summed E-state index contributed by atoms with van der Waals surface area (Å²) in [6.07, 6.45) is 8.05. The maximum Gasteiger partial charge on any atom is 0.234 e. The van der Waals surface area contributed by atoms with E-state index in [-0.39, 0.29) is 0 Å². The fourth-order valence-electron chi connectivity index (χ4n) is 2.51. The second-order valence-corrected chi connectivity index (χ2v) is 5.10.